The molecular weight excluding hydrogens is 292 g/mol. The molecule has 2 heterocycles. The maximum Gasteiger partial charge on any atom is 0.254 e. The van der Waals surface area contributed by atoms with E-state index in [-0.39, 0.29) is 11.8 Å². The van der Waals surface area contributed by atoms with Crippen LogP contribution in [-0.4, -0.2) is 39.1 Å². The Morgan fingerprint density at radius 3 is 2.04 bits per heavy atom. The van der Waals surface area contributed by atoms with Crippen molar-refractivity contribution >= 4 is 11.8 Å². The first-order valence-corrected chi connectivity index (χ1v) is 8.86. The van der Waals surface area contributed by atoms with Gasteiger partial charge in [0.2, 0.25) is 5.91 Å². The zero-order valence-electron chi connectivity index (χ0n) is 15.1. The average Bonchev–Trinajstić information content (AvgIpc) is 2.57. The highest BCUT2D eigenvalue weighted by molar-refractivity contribution is 5.89. The number of nitrogens with zero attached hydrogens (tertiary/aromatic N) is 1. The number of ether oxygens (including phenoxy) is 1. The van der Waals surface area contributed by atoms with Gasteiger partial charge < -0.3 is 15.0 Å². The number of hydrogen-bond donors (Lipinski definition) is 1. The Balaban J connectivity index is 1.94. The lowest BCUT2D eigenvalue weighted by Gasteiger charge is -2.57. The molecule has 5 nitrogen and oxygen atoms in total. The van der Waals surface area contributed by atoms with Crippen molar-refractivity contribution in [2.45, 2.75) is 102 Å². The van der Waals surface area contributed by atoms with Gasteiger partial charge in [-0.25, -0.2) is 0 Å². The van der Waals surface area contributed by atoms with Crippen molar-refractivity contribution in [2.24, 2.45) is 0 Å². The standard InChI is InChI=1S/C18H30N2O3/c1-13(21)20-15(2,3)11-17(12-16(20,4)5)14(22)19-18(23-17)9-7-6-8-10-18/h6-12H2,1-5H3,(H,19,22). The van der Waals surface area contributed by atoms with Crippen molar-refractivity contribution in [1.29, 1.82) is 0 Å². The lowest BCUT2D eigenvalue weighted by Crippen LogP contribution is -2.68. The van der Waals surface area contributed by atoms with E-state index in [1.807, 2.05) is 32.6 Å². The van der Waals surface area contributed by atoms with Gasteiger partial charge in [-0.15, -0.1) is 0 Å². The van der Waals surface area contributed by atoms with E-state index in [9.17, 15) is 9.59 Å². The van der Waals surface area contributed by atoms with Crippen LogP contribution in [0.25, 0.3) is 0 Å². The molecule has 0 aromatic heterocycles. The maximum atomic E-state index is 12.9. The second-order valence-corrected chi connectivity index (χ2v) is 8.94. The molecule has 0 radical (unpaired) electrons. The van der Waals surface area contributed by atoms with Crippen LogP contribution in [0.4, 0.5) is 0 Å². The van der Waals surface area contributed by atoms with Gasteiger partial charge >= 0.3 is 0 Å². The van der Waals surface area contributed by atoms with Crippen molar-refractivity contribution in [3.05, 3.63) is 0 Å². The molecule has 3 aliphatic rings. The highest BCUT2D eigenvalue weighted by atomic mass is 16.6. The summed E-state index contributed by atoms with van der Waals surface area (Å²) in [4.78, 5) is 27.1. The van der Waals surface area contributed by atoms with E-state index in [1.165, 1.54) is 6.42 Å². The summed E-state index contributed by atoms with van der Waals surface area (Å²) in [6, 6.07) is 0. The molecule has 0 bridgehead atoms. The first-order valence-electron chi connectivity index (χ1n) is 8.86. The third-order valence-electron chi connectivity index (χ3n) is 5.77. The Kier molecular flexibility index (Phi) is 3.60. The highest BCUT2D eigenvalue weighted by Gasteiger charge is 2.63. The minimum Gasteiger partial charge on any atom is -0.339 e. The van der Waals surface area contributed by atoms with E-state index in [0.717, 1.165) is 25.7 Å². The largest absolute Gasteiger partial charge is 0.339 e. The quantitative estimate of drug-likeness (QED) is 0.746. The average molecular weight is 322 g/mol. The van der Waals surface area contributed by atoms with Gasteiger partial charge in [0.15, 0.2) is 5.60 Å². The molecule has 2 saturated heterocycles. The Labute approximate surface area is 139 Å². The number of carbonyl (C=O) groups is 2. The predicted molar refractivity (Wildman–Crippen MR) is 87.7 cm³/mol. The van der Waals surface area contributed by atoms with Crippen molar-refractivity contribution in [1.82, 2.24) is 10.2 Å². The topological polar surface area (TPSA) is 58.6 Å². The first kappa shape index (κ1) is 16.7. The lowest BCUT2D eigenvalue weighted by atomic mass is 9.70. The molecule has 2 spiro atoms. The summed E-state index contributed by atoms with van der Waals surface area (Å²) in [5.41, 5.74) is -2.10. The minimum absolute atomic E-state index is 0.0174. The molecule has 1 saturated carbocycles. The number of hydrogen-bond acceptors (Lipinski definition) is 3. The Bertz CT molecular complexity index is 514. The molecule has 0 aromatic carbocycles. The molecular formula is C18H30N2O3. The van der Waals surface area contributed by atoms with Crippen molar-refractivity contribution in [3.63, 3.8) is 0 Å². The van der Waals surface area contributed by atoms with E-state index < -0.39 is 22.4 Å². The van der Waals surface area contributed by atoms with Gasteiger partial charge in [0.25, 0.3) is 5.91 Å². The zero-order chi connectivity index (χ0) is 17.1. The van der Waals surface area contributed by atoms with Gasteiger partial charge in [0.05, 0.1) is 0 Å². The smallest absolute Gasteiger partial charge is 0.254 e. The summed E-state index contributed by atoms with van der Waals surface area (Å²) in [5, 5.41) is 3.18. The van der Waals surface area contributed by atoms with Gasteiger partial charge in [-0.2, -0.15) is 0 Å². The molecule has 130 valence electrons. The van der Waals surface area contributed by atoms with E-state index in [1.54, 1.807) is 6.92 Å². The van der Waals surface area contributed by atoms with Crippen LogP contribution in [0.15, 0.2) is 0 Å². The monoisotopic (exact) mass is 322 g/mol. The molecule has 2 aliphatic heterocycles. The van der Waals surface area contributed by atoms with Crippen LogP contribution >= 0.6 is 0 Å². The van der Waals surface area contributed by atoms with Crippen LogP contribution in [0.5, 0.6) is 0 Å². The molecule has 23 heavy (non-hydrogen) atoms. The van der Waals surface area contributed by atoms with Gasteiger partial charge in [-0.05, 0) is 53.4 Å². The van der Waals surface area contributed by atoms with Gasteiger partial charge in [-0.1, -0.05) is 6.42 Å². The summed E-state index contributed by atoms with van der Waals surface area (Å²) < 4.78 is 6.53. The second kappa shape index (κ2) is 4.95. The molecule has 3 fully saturated rings. The van der Waals surface area contributed by atoms with Crippen LogP contribution in [-0.2, 0) is 14.3 Å². The van der Waals surface area contributed by atoms with Crippen LogP contribution in [0, 0.1) is 0 Å². The highest BCUT2D eigenvalue weighted by Crippen LogP contribution is 2.51. The van der Waals surface area contributed by atoms with Crippen molar-refractivity contribution in [3.8, 4) is 0 Å². The van der Waals surface area contributed by atoms with E-state index in [2.05, 4.69) is 5.32 Å². The number of carbonyl (C=O) groups excluding carboxylic acids is 2. The minimum atomic E-state index is -0.809. The molecule has 3 rings (SSSR count). The summed E-state index contributed by atoms with van der Waals surface area (Å²) in [5.74, 6) is 0.0735. The fourth-order valence-corrected chi connectivity index (χ4v) is 5.64. The summed E-state index contributed by atoms with van der Waals surface area (Å²) in [6.45, 7) is 9.78. The number of amides is 2. The fraction of sp³-hybridized carbons (Fsp3) is 0.889. The lowest BCUT2D eigenvalue weighted by molar-refractivity contribution is -0.196. The SMILES string of the molecule is CC(=O)N1C(C)(C)CC2(CC1(C)C)OC1(CCCCC1)NC2=O. The Morgan fingerprint density at radius 2 is 1.57 bits per heavy atom. The van der Waals surface area contributed by atoms with E-state index in [0.29, 0.717) is 12.8 Å². The zero-order valence-corrected chi connectivity index (χ0v) is 15.1. The molecule has 0 unspecified atom stereocenters. The van der Waals surface area contributed by atoms with Gasteiger partial charge in [-0.3, -0.25) is 9.59 Å². The molecule has 0 aromatic rings. The number of piperidine rings is 1. The molecule has 1 N–H and O–H groups in total. The predicted octanol–water partition coefficient (Wildman–Crippen LogP) is 2.73. The maximum absolute atomic E-state index is 12.9. The van der Waals surface area contributed by atoms with E-state index >= 15 is 0 Å². The summed E-state index contributed by atoms with van der Waals surface area (Å²) in [6.07, 6.45) is 6.32. The van der Waals surface area contributed by atoms with E-state index in [4.69, 9.17) is 4.74 Å². The molecule has 2 amide bonds. The Hall–Kier alpha value is -1.10. The number of likely N-dealkylation sites (tertiary alicyclic amines) is 1. The first-order chi connectivity index (χ1) is 10.5. The van der Waals surface area contributed by atoms with Crippen molar-refractivity contribution in [2.75, 3.05) is 0 Å². The Morgan fingerprint density at radius 1 is 1.04 bits per heavy atom. The molecule has 1 aliphatic carbocycles. The summed E-state index contributed by atoms with van der Waals surface area (Å²) >= 11 is 0. The third kappa shape index (κ3) is 2.57. The van der Waals surface area contributed by atoms with Crippen LogP contribution < -0.4 is 5.32 Å². The van der Waals surface area contributed by atoms with Gasteiger partial charge in [0.1, 0.15) is 5.72 Å². The normalized spacial score (nSPS) is 30.5. The van der Waals surface area contributed by atoms with Crippen LogP contribution in [0.1, 0.15) is 79.6 Å². The second-order valence-electron chi connectivity index (χ2n) is 8.94. The third-order valence-corrected chi connectivity index (χ3v) is 5.77. The van der Waals surface area contributed by atoms with Gasteiger partial charge in [0, 0.05) is 30.8 Å². The van der Waals surface area contributed by atoms with Crippen LogP contribution in [0.3, 0.4) is 0 Å². The number of rotatable bonds is 0. The molecule has 0 atom stereocenters. The molecule has 5 heteroatoms. The number of nitrogens with one attached hydrogen (secondary N) is 1. The fourth-order valence-electron chi connectivity index (χ4n) is 5.64. The van der Waals surface area contributed by atoms with Crippen LogP contribution in [0.2, 0.25) is 0 Å². The van der Waals surface area contributed by atoms with Crippen molar-refractivity contribution < 1.29 is 14.3 Å². The summed E-state index contributed by atoms with van der Waals surface area (Å²) in [7, 11) is 0.